The van der Waals surface area contributed by atoms with Crippen LogP contribution in [0.4, 0.5) is 18.9 Å². The highest BCUT2D eigenvalue weighted by molar-refractivity contribution is 7.17. The van der Waals surface area contributed by atoms with Crippen LogP contribution in [0.3, 0.4) is 0 Å². The third-order valence-corrected chi connectivity index (χ3v) is 4.01. The number of halogens is 3. The van der Waals surface area contributed by atoms with Crippen molar-refractivity contribution in [3.8, 4) is 10.6 Å². The number of nitrogens with one attached hydrogen (secondary N) is 1. The van der Waals surface area contributed by atoms with Crippen LogP contribution in [-0.2, 0) is 7.05 Å². The van der Waals surface area contributed by atoms with Crippen molar-refractivity contribution in [3.63, 3.8) is 0 Å². The fraction of sp³-hybridized carbons (Fsp3) is 0.0714. The molecule has 0 fully saturated rings. The second-order valence-electron chi connectivity index (χ2n) is 4.61. The first kappa shape index (κ1) is 15.2. The number of thiazole rings is 1. The quantitative estimate of drug-likeness (QED) is 0.746. The van der Waals surface area contributed by atoms with Gasteiger partial charge in [-0.25, -0.2) is 18.2 Å². The van der Waals surface area contributed by atoms with Crippen molar-refractivity contribution >= 4 is 22.9 Å². The van der Waals surface area contributed by atoms with Crippen molar-refractivity contribution in [1.29, 1.82) is 0 Å². The zero-order valence-electron chi connectivity index (χ0n) is 11.7. The molecule has 1 aromatic carbocycles. The van der Waals surface area contributed by atoms with Gasteiger partial charge in [0.15, 0.2) is 17.5 Å². The van der Waals surface area contributed by atoms with Gasteiger partial charge in [-0.1, -0.05) is 0 Å². The molecule has 0 saturated heterocycles. The number of aryl methyl sites for hydroxylation is 1. The molecule has 118 valence electrons. The van der Waals surface area contributed by atoms with E-state index in [2.05, 4.69) is 15.4 Å². The predicted octanol–water partition coefficient (Wildman–Crippen LogP) is 3.21. The minimum atomic E-state index is -1.64. The fourth-order valence-corrected chi connectivity index (χ4v) is 2.64. The van der Waals surface area contributed by atoms with E-state index in [0.29, 0.717) is 5.01 Å². The van der Waals surface area contributed by atoms with Gasteiger partial charge in [0.25, 0.3) is 5.91 Å². The van der Waals surface area contributed by atoms with Crippen LogP contribution in [0.2, 0.25) is 0 Å². The summed E-state index contributed by atoms with van der Waals surface area (Å²) in [6.45, 7) is 0. The minimum absolute atomic E-state index is 0.202. The Bertz CT molecular complexity index is 890. The number of anilines is 1. The molecular formula is C14H9F3N4OS. The molecule has 1 N–H and O–H groups in total. The Balaban J connectivity index is 1.82. The number of aromatic nitrogens is 3. The van der Waals surface area contributed by atoms with Gasteiger partial charge in [-0.05, 0) is 12.1 Å². The number of rotatable bonds is 3. The third-order valence-electron chi connectivity index (χ3n) is 2.96. The molecule has 5 nitrogen and oxygen atoms in total. The van der Waals surface area contributed by atoms with E-state index in [1.165, 1.54) is 6.20 Å². The van der Waals surface area contributed by atoms with Gasteiger partial charge in [-0.15, -0.1) is 11.3 Å². The van der Waals surface area contributed by atoms with Gasteiger partial charge in [0.2, 0.25) is 0 Å². The van der Waals surface area contributed by atoms with E-state index in [-0.39, 0.29) is 4.88 Å². The molecule has 2 aromatic heterocycles. The zero-order valence-corrected chi connectivity index (χ0v) is 12.5. The summed E-state index contributed by atoms with van der Waals surface area (Å²) < 4.78 is 41.2. The number of hydrogen-bond donors (Lipinski definition) is 1. The number of amides is 1. The van der Waals surface area contributed by atoms with E-state index < -0.39 is 29.0 Å². The summed E-state index contributed by atoms with van der Waals surface area (Å²) in [4.78, 5) is 16.4. The zero-order chi connectivity index (χ0) is 16.6. The number of carbonyl (C=O) groups is 1. The maximum atomic E-state index is 13.6. The summed E-state index contributed by atoms with van der Waals surface area (Å²) in [6.07, 6.45) is 4.64. The van der Waals surface area contributed by atoms with E-state index >= 15 is 0 Å². The van der Waals surface area contributed by atoms with Crippen LogP contribution >= 0.6 is 11.3 Å². The summed E-state index contributed by atoms with van der Waals surface area (Å²) in [5.41, 5.74) is 0.292. The molecule has 9 heteroatoms. The Hall–Kier alpha value is -2.68. The van der Waals surface area contributed by atoms with Crippen LogP contribution in [0.25, 0.3) is 10.6 Å². The minimum Gasteiger partial charge on any atom is -0.319 e. The van der Waals surface area contributed by atoms with Crippen molar-refractivity contribution in [3.05, 3.63) is 53.1 Å². The Kier molecular flexibility index (Phi) is 3.87. The Morgan fingerprint density at radius 2 is 2.00 bits per heavy atom. The second kappa shape index (κ2) is 5.84. The maximum absolute atomic E-state index is 13.6. The van der Waals surface area contributed by atoms with Crippen LogP contribution in [0.15, 0.2) is 30.7 Å². The molecule has 23 heavy (non-hydrogen) atoms. The molecule has 3 aromatic rings. The summed E-state index contributed by atoms with van der Waals surface area (Å²) in [5.74, 6) is -5.07. The highest BCUT2D eigenvalue weighted by atomic mass is 32.1. The standard InChI is InChI=1S/C14H9F3N4OS/c1-21-6-7(4-19-21)14-18-5-10(23-14)13(22)20-9-3-2-8(15)11(16)12(9)17/h2-6H,1H3,(H,20,22). The average Bonchev–Trinajstić information content (AvgIpc) is 3.16. The molecule has 3 rings (SSSR count). The molecule has 0 aliphatic carbocycles. The summed E-state index contributed by atoms with van der Waals surface area (Å²) in [5, 5.41) is 6.76. The van der Waals surface area contributed by atoms with Gasteiger partial charge >= 0.3 is 0 Å². The monoisotopic (exact) mass is 338 g/mol. The van der Waals surface area contributed by atoms with Gasteiger partial charge in [-0.2, -0.15) is 5.10 Å². The van der Waals surface area contributed by atoms with Crippen LogP contribution in [0.1, 0.15) is 9.67 Å². The van der Waals surface area contributed by atoms with Crippen LogP contribution < -0.4 is 5.32 Å². The molecule has 0 bridgehead atoms. The lowest BCUT2D eigenvalue weighted by molar-refractivity contribution is 0.102. The normalized spacial score (nSPS) is 10.8. The molecular weight excluding hydrogens is 329 g/mol. The molecule has 1 amide bonds. The van der Waals surface area contributed by atoms with E-state index in [1.807, 2.05) is 0 Å². The molecule has 0 atom stereocenters. The van der Waals surface area contributed by atoms with Gasteiger partial charge in [-0.3, -0.25) is 9.48 Å². The number of benzene rings is 1. The largest absolute Gasteiger partial charge is 0.319 e. The Labute approximate surface area is 132 Å². The SMILES string of the molecule is Cn1cc(-c2ncc(C(=O)Nc3ccc(F)c(F)c3F)s2)cn1. The van der Waals surface area contributed by atoms with Crippen molar-refractivity contribution in [2.45, 2.75) is 0 Å². The highest BCUT2D eigenvalue weighted by Gasteiger charge is 2.18. The summed E-state index contributed by atoms with van der Waals surface area (Å²) in [7, 11) is 1.75. The van der Waals surface area contributed by atoms with Crippen molar-refractivity contribution in [2.75, 3.05) is 5.32 Å². The topological polar surface area (TPSA) is 59.8 Å². The van der Waals surface area contributed by atoms with Crippen LogP contribution in [0.5, 0.6) is 0 Å². The molecule has 0 aliphatic rings. The van der Waals surface area contributed by atoms with Gasteiger partial charge in [0.05, 0.1) is 18.1 Å². The van der Waals surface area contributed by atoms with Crippen LogP contribution in [0, 0.1) is 17.5 Å². The van der Waals surface area contributed by atoms with Crippen molar-refractivity contribution < 1.29 is 18.0 Å². The van der Waals surface area contributed by atoms with E-state index in [0.717, 1.165) is 29.0 Å². The summed E-state index contributed by atoms with van der Waals surface area (Å²) in [6, 6.07) is 1.69. The van der Waals surface area contributed by atoms with Crippen LogP contribution in [-0.4, -0.2) is 20.7 Å². The lowest BCUT2D eigenvalue weighted by Crippen LogP contribution is -2.12. The smallest absolute Gasteiger partial charge is 0.267 e. The third kappa shape index (κ3) is 2.95. The van der Waals surface area contributed by atoms with E-state index in [9.17, 15) is 18.0 Å². The lowest BCUT2D eigenvalue weighted by atomic mass is 10.2. The first-order chi connectivity index (χ1) is 11.0. The molecule has 2 heterocycles. The average molecular weight is 338 g/mol. The molecule has 0 spiro atoms. The van der Waals surface area contributed by atoms with E-state index in [1.54, 1.807) is 24.1 Å². The Morgan fingerprint density at radius 3 is 2.70 bits per heavy atom. The second-order valence-corrected chi connectivity index (χ2v) is 5.64. The highest BCUT2D eigenvalue weighted by Crippen LogP contribution is 2.26. The lowest BCUT2D eigenvalue weighted by Gasteiger charge is -2.05. The van der Waals surface area contributed by atoms with Gasteiger partial charge in [0.1, 0.15) is 9.88 Å². The predicted molar refractivity (Wildman–Crippen MR) is 78.6 cm³/mol. The van der Waals surface area contributed by atoms with E-state index in [4.69, 9.17) is 0 Å². The molecule has 0 aliphatic heterocycles. The summed E-state index contributed by atoms with van der Waals surface area (Å²) >= 11 is 1.07. The molecule has 0 unspecified atom stereocenters. The fourth-order valence-electron chi connectivity index (χ4n) is 1.85. The Morgan fingerprint density at radius 1 is 1.22 bits per heavy atom. The number of carbonyl (C=O) groups excluding carboxylic acids is 1. The van der Waals surface area contributed by atoms with Crippen molar-refractivity contribution in [1.82, 2.24) is 14.8 Å². The van der Waals surface area contributed by atoms with Gasteiger partial charge in [0, 0.05) is 18.8 Å². The maximum Gasteiger partial charge on any atom is 0.267 e. The van der Waals surface area contributed by atoms with Gasteiger partial charge < -0.3 is 5.32 Å². The first-order valence-electron chi connectivity index (χ1n) is 6.35. The van der Waals surface area contributed by atoms with Crippen molar-refractivity contribution in [2.24, 2.45) is 7.05 Å². The number of nitrogens with zero attached hydrogens (tertiary/aromatic N) is 3. The first-order valence-corrected chi connectivity index (χ1v) is 7.17. The molecule has 0 radical (unpaired) electrons. The number of hydrogen-bond acceptors (Lipinski definition) is 4. The molecule has 0 saturated carbocycles.